The molecular formula is C24H40N4O. The molecule has 162 valence electrons. The molecule has 2 saturated heterocycles. The predicted octanol–water partition coefficient (Wildman–Crippen LogP) is 2.82. The summed E-state index contributed by atoms with van der Waals surface area (Å²) in [6.45, 7) is 7.41. The molecular weight excluding hydrogens is 360 g/mol. The lowest BCUT2D eigenvalue weighted by Gasteiger charge is -2.41. The van der Waals surface area contributed by atoms with Gasteiger partial charge in [-0.1, -0.05) is 36.8 Å². The van der Waals surface area contributed by atoms with Crippen LogP contribution in [0.5, 0.6) is 0 Å². The predicted molar refractivity (Wildman–Crippen MR) is 120 cm³/mol. The minimum Gasteiger partial charge on any atom is -0.355 e. The number of benzene rings is 1. The summed E-state index contributed by atoms with van der Waals surface area (Å²) in [7, 11) is 4.37. The standard InChI is InChI=1S/C24H40N4O/c1-26(2)23-13-17-28(19-21-9-5-3-6-10-21)20-22(23)11-12-24(29)25-14-18-27-15-7-4-8-16-27/h3,5-6,9-10,22-23H,4,7-8,11-20H2,1-2H3,(H,25,29)/t22-,23+/m0/s1. The Bertz CT molecular complexity index is 600. The first-order chi connectivity index (χ1) is 14.1. The number of nitrogens with one attached hydrogen (secondary N) is 1. The molecule has 2 aliphatic heterocycles. The van der Waals surface area contributed by atoms with Crippen molar-refractivity contribution in [3.8, 4) is 0 Å². The van der Waals surface area contributed by atoms with Crippen LogP contribution in [0.2, 0.25) is 0 Å². The zero-order valence-electron chi connectivity index (χ0n) is 18.5. The Balaban J connectivity index is 1.42. The van der Waals surface area contributed by atoms with Crippen molar-refractivity contribution < 1.29 is 4.79 Å². The SMILES string of the molecule is CN(C)[C@@H]1CCN(Cc2ccccc2)C[C@@H]1CCC(=O)NCCN1CCCCC1. The van der Waals surface area contributed by atoms with Crippen molar-refractivity contribution >= 4 is 5.91 Å². The fourth-order valence-corrected chi connectivity index (χ4v) is 4.99. The maximum atomic E-state index is 12.4. The van der Waals surface area contributed by atoms with E-state index in [0.717, 1.165) is 39.1 Å². The first-order valence-corrected chi connectivity index (χ1v) is 11.5. The highest BCUT2D eigenvalue weighted by Crippen LogP contribution is 2.26. The van der Waals surface area contributed by atoms with E-state index in [-0.39, 0.29) is 5.91 Å². The fraction of sp³-hybridized carbons (Fsp3) is 0.708. The highest BCUT2D eigenvalue weighted by Gasteiger charge is 2.30. The molecule has 0 aliphatic carbocycles. The van der Waals surface area contributed by atoms with Gasteiger partial charge < -0.3 is 15.1 Å². The van der Waals surface area contributed by atoms with Gasteiger partial charge in [0.15, 0.2) is 0 Å². The van der Waals surface area contributed by atoms with Gasteiger partial charge in [0.25, 0.3) is 0 Å². The molecule has 0 radical (unpaired) electrons. The van der Waals surface area contributed by atoms with Crippen molar-refractivity contribution in [1.29, 1.82) is 0 Å². The molecule has 0 bridgehead atoms. The Kier molecular flexibility index (Phi) is 8.96. The topological polar surface area (TPSA) is 38.8 Å². The molecule has 1 N–H and O–H groups in total. The average molecular weight is 401 g/mol. The van der Waals surface area contributed by atoms with Crippen molar-refractivity contribution in [2.75, 3.05) is 53.4 Å². The van der Waals surface area contributed by atoms with Crippen LogP contribution in [0.1, 0.15) is 44.1 Å². The first kappa shape index (κ1) is 22.3. The van der Waals surface area contributed by atoms with E-state index >= 15 is 0 Å². The van der Waals surface area contributed by atoms with E-state index in [2.05, 4.69) is 64.4 Å². The van der Waals surface area contributed by atoms with Gasteiger partial charge in [-0.2, -0.15) is 0 Å². The number of rotatable bonds is 9. The number of amides is 1. The molecule has 0 saturated carbocycles. The molecule has 0 unspecified atom stereocenters. The molecule has 5 heteroatoms. The molecule has 5 nitrogen and oxygen atoms in total. The quantitative estimate of drug-likeness (QED) is 0.692. The van der Waals surface area contributed by atoms with Crippen LogP contribution >= 0.6 is 0 Å². The molecule has 2 heterocycles. The van der Waals surface area contributed by atoms with Gasteiger partial charge in [-0.05, 0) is 70.9 Å². The van der Waals surface area contributed by atoms with Gasteiger partial charge in [0.05, 0.1) is 0 Å². The van der Waals surface area contributed by atoms with Crippen molar-refractivity contribution in [2.45, 2.75) is 51.1 Å². The summed E-state index contributed by atoms with van der Waals surface area (Å²) in [6.07, 6.45) is 6.78. The third kappa shape index (κ3) is 7.40. The lowest BCUT2D eigenvalue weighted by atomic mass is 9.87. The molecule has 0 spiro atoms. The second kappa shape index (κ2) is 11.7. The first-order valence-electron chi connectivity index (χ1n) is 11.5. The van der Waals surface area contributed by atoms with Gasteiger partial charge in [0, 0.05) is 38.6 Å². The highest BCUT2D eigenvalue weighted by molar-refractivity contribution is 5.75. The summed E-state index contributed by atoms with van der Waals surface area (Å²) in [4.78, 5) is 19.8. The maximum absolute atomic E-state index is 12.4. The second-order valence-electron chi connectivity index (χ2n) is 9.09. The van der Waals surface area contributed by atoms with Crippen molar-refractivity contribution in [2.24, 2.45) is 5.92 Å². The van der Waals surface area contributed by atoms with Crippen LogP contribution in [0.3, 0.4) is 0 Å². The van der Waals surface area contributed by atoms with Crippen LogP contribution in [0.15, 0.2) is 30.3 Å². The summed E-state index contributed by atoms with van der Waals surface area (Å²) in [5.41, 5.74) is 1.38. The van der Waals surface area contributed by atoms with E-state index in [1.54, 1.807) is 0 Å². The Morgan fingerprint density at radius 3 is 2.55 bits per heavy atom. The fourth-order valence-electron chi connectivity index (χ4n) is 4.99. The number of hydrogen-bond acceptors (Lipinski definition) is 4. The minimum absolute atomic E-state index is 0.222. The van der Waals surface area contributed by atoms with E-state index in [9.17, 15) is 4.79 Å². The molecule has 0 aromatic heterocycles. The summed E-state index contributed by atoms with van der Waals surface area (Å²) < 4.78 is 0. The molecule has 1 aromatic carbocycles. The van der Waals surface area contributed by atoms with Crippen LogP contribution in [-0.4, -0.2) is 80.0 Å². The monoisotopic (exact) mass is 400 g/mol. The largest absolute Gasteiger partial charge is 0.355 e. The van der Waals surface area contributed by atoms with Gasteiger partial charge in [-0.3, -0.25) is 9.69 Å². The van der Waals surface area contributed by atoms with Crippen LogP contribution < -0.4 is 5.32 Å². The Morgan fingerprint density at radius 2 is 1.83 bits per heavy atom. The Labute approximate surface area is 177 Å². The zero-order chi connectivity index (χ0) is 20.5. The summed E-state index contributed by atoms with van der Waals surface area (Å²) in [5, 5.41) is 3.16. The molecule has 1 aromatic rings. The number of carbonyl (C=O) groups is 1. The zero-order valence-corrected chi connectivity index (χ0v) is 18.5. The van der Waals surface area contributed by atoms with Crippen LogP contribution in [0.25, 0.3) is 0 Å². The number of piperidine rings is 2. The van der Waals surface area contributed by atoms with Gasteiger partial charge in [0.2, 0.25) is 5.91 Å². The van der Waals surface area contributed by atoms with Gasteiger partial charge in [-0.25, -0.2) is 0 Å². The minimum atomic E-state index is 0.222. The summed E-state index contributed by atoms with van der Waals surface area (Å²) in [6, 6.07) is 11.3. The van der Waals surface area contributed by atoms with Gasteiger partial charge >= 0.3 is 0 Å². The third-order valence-electron chi connectivity index (χ3n) is 6.63. The summed E-state index contributed by atoms with van der Waals surface area (Å²) >= 11 is 0. The van der Waals surface area contributed by atoms with E-state index in [0.29, 0.717) is 18.4 Å². The van der Waals surface area contributed by atoms with Crippen LogP contribution in [0, 0.1) is 5.92 Å². The van der Waals surface area contributed by atoms with Crippen molar-refractivity contribution in [3.05, 3.63) is 35.9 Å². The number of likely N-dealkylation sites (tertiary alicyclic amines) is 2. The third-order valence-corrected chi connectivity index (χ3v) is 6.63. The van der Waals surface area contributed by atoms with Crippen LogP contribution in [-0.2, 0) is 11.3 Å². The van der Waals surface area contributed by atoms with E-state index in [1.807, 2.05) is 0 Å². The lowest BCUT2D eigenvalue weighted by molar-refractivity contribution is -0.121. The van der Waals surface area contributed by atoms with Crippen LogP contribution in [0.4, 0.5) is 0 Å². The average Bonchev–Trinajstić information content (AvgIpc) is 2.74. The molecule has 2 aliphatic rings. The van der Waals surface area contributed by atoms with E-state index in [4.69, 9.17) is 0 Å². The second-order valence-corrected chi connectivity index (χ2v) is 9.09. The molecule has 2 atom stereocenters. The van der Waals surface area contributed by atoms with Gasteiger partial charge in [0.1, 0.15) is 0 Å². The number of hydrogen-bond donors (Lipinski definition) is 1. The summed E-state index contributed by atoms with van der Waals surface area (Å²) in [5.74, 6) is 0.773. The molecule has 1 amide bonds. The van der Waals surface area contributed by atoms with E-state index < -0.39 is 0 Å². The molecule has 29 heavy (non-hydrogen) atoms. The Morgan fingerprint density at radius 1 is 1.07 bits per heavy atom. The lowest BCUT2D eigenvalue weighted by Crippen LogP contribution is -2.48. The normalized spacial score (nSPS) is 24.0. The molecule has 3 rings (SSSR count). The molecule has 2 fully saturated rings. The van der Waals surface area contributed by atoms with Crippen molar-refractivity contribution in [3.63, 3.8) is 0 Å². The smallest absolute Gasteiger partial charge is 0.220 e. The number of nitrogens with zero attached hydrogens (tertiary/aromatic N) is 3. The Hall–Kier alpha value is -1.43. The van der Waals surface area contributed by atoms with Gasteiger partial charge in [-0.15, -0.1) is 0 Å². The maximum Gasteiger partial charge on any atom is 0.220 e. The van der Waals surface area contributed by atoms with E-state index in [1.165, 1.54) is 44.3 Å². The highest BCUT2D eigenvalue weighted by atomic mass is 16.1. The number of carbonyl (C=O) groups excluding carboxylic acids is 1. The van der Waals surface area contributed by atoms with Crippen molar-refractivity contribution in [1.82, 2.24) is 20.0 Å².